The summed E-state index contributed by atoms with van der Waals surface area (Å²) < 4.78 is 41.4. The molecule has 3 rings (SSSR count). The van der Waals surface area contributed by atoms with E-state index in [2.05, 4.69) is 0 Å². The molecule has 1 aliphatic rings. The van der Waals surface area contributed by atoms with Crippen molar-refractivity contribution in [2.24, 2.45) is 5.73 Å². The lowest BCUT2D eigenvalue weighted by Gasteiger charge is -2.19. The number of rotatable bonds is 5. The summed E-state index contributed by atoms with van der Waals surface area (Å²) in [6, 6.07) is 5.77. The first-order valence-corrected chi connectivity index (χ1v) is 10.9. The third-order valence-corrected chi connectivity index (χ3v) is 7.03. The van der Waals surface area contributed by atoms with Gasteiger partial charge in [-0.05, 0) is 47.7 Å². The predicted octanol–water partition coefficient (Wildman–Crippen LogP) is 2.48. The van der Waals surface area contributed by atoms with Crippen LogP contribution in [0.5, 0.6) is 17.2 Å². The van der Waals surface area contributed by atoms with E-state index in [-0.39, 0.29) is 10.6 Å². The number of sulfone groups is 1. The van der Waals surface area contributed by atoms with Crippen LogP contribution < -0.4 is 25.4 Å². The standard InChI is InChI=1S/C21H25NO6S/c1-5-29(24,25)18-9-7-13-14(11-16(18)23)15(22)8-6-12-10-17(26-2)20(27-3)21(28-4)19(12)13/h7,9-11,15H,5-6,8,22H2,1-4H3. The second-order valence-electron chi connectivity index (χ2n) is 6.80. The Balaban J connectivity index is 2.45. The maximum absolute atomic E-state index is 12.7. The summed E-state index contributed by atoms with van der Waals surface area (Å²) in [5.41, 5.74) is 8.70. The van der Waals surface area contributed by atoms with Crippen molar-refractivity contribution in [3.8, 4) is 28.4 Å². The number of hydrogen-bond acceptors (Lipinski definition) is 7. The summed E-state index contributed by atoms with van der Waals surface area (Å²) in [5, 5.41) is 0. The molecule has 0 saturated carbocycles. The minimum atomic E-state index is -3.67. The largest absolute Gasteiger partial charge is 0.493 e. The Morgan fingerprint density at radius 2 is 1.76 bits per heavy atom. The van der Waals surface area contributed by atoms with Crippen molar-refractivity contribution < 1.29 is 22.6 Å². The second kappa shape index (κ2) is 8.04. The summed E-state index contributed by atoms with van der Waals surface area (Å²) in [7, 11) is 0.915. The van der Waals surface area contributed by atoms with Crippen LogP contribution in [0.3, 0.4) is 0 Å². The van der Waals surface area contributed by atoms with Crippen LogP contribution in [0, 0.1) is 0 Å². The number of fused-ring (bicyclic) bond motifs is 3. The maximum atomic E-state index is 12.7. The fourth-order valence-corrected chi connectivity index (χ4v) is 4.69. The summed E-state index contributed by atoms with van der Waals surface area (Å²) in [6.07, 6.45) is 1.22. The Bertz CT molecular complexity index is 1110. The first-order chi connectivity index (χ1) is 13.8. The van der Waals surface area contributed by atoms with E-state index in [0.29, 0.717) is 41.2 Å². The summed E-state index contributed by atoms with van der Waals surface area (Å²) in [5.74, 6) is 1.24. The molecule has 29 heavy (non-hydrogen) atoms. The minimum absolute atomic E-state index is 0.159. The van der Waals surface area contributed by atoms with Gasteiger partial charge in [-0.15, -0.1) is 0 Å². The van der Waals surface area contributed by atoms with Gasteiger partial charge in [0.15, 0.2) is 26.8 Å². The Kier molecular flexibility index (Phi) is 5.86. The van der Waals surface area contributed by atoms with Gasteiger partial charge in [0.25, 0.3) is 0 Å². The zero-order chi connectivity index (χ0) is 21.3. The number of methoxy groups -OCH3 is 3. The monoisotopic (exact) mass is 419 g/mol. The zero-order valence-corrected chi connectivity index (χ0v) is 17.8. The number of ether oxygens (including phenoxy) is 3. The van der Waals surface area contributed by atoms with Gasteiger partial charge in [0.05, 0.1) is 27.1 Å². The first-order valence-electron chi connectivity index (χ1n) is 9.27. The molecular weight excluding hydrogens is 394 g/mol. The van der Waals surface area contributed by atoms with Crippen LogP contribution in [-0.4, -0.2) is 35.5 Å². The molecule has 2 aromatic rings. The molecule has 1 unspecified atom stereocenters. The van der Waals surface area contributed by atoms with Crippen molar-refractivity contribution in [1.29, 1.82) is 0 Å². The number of hydrogen-bond donors (Lipinski definition) is 1. The fourth-order valence-electron chi connectivity index (χ4n) is 3.74. The number of nitrogens with two attached hydrogens (primary N) is 1. The predicted molar refractivity (Wildman–Crippen MR) is 111 cm³/mol. The Labute approximate surface area is 170 Å². The molecule has 0 saturated heterocycles. The van der Waals surface area contributed by atoms with Crippen molar-refractivity contribution in [3.63, 3.8) is 0 Å². The van der Waals surface area contributed by atoms with E-state index in [1.807, 2.05) is 6.07 Å². The van der Waals surface area contributed by atoms with Crippen LogP contribution in [0.25, 0.3) is 11.1 Å². The molecule has 7 nitrogen and oxygen atoms in total. The topological polar surface area (TPSA) is 105 Å². The SMILES string of the molecule is CCS(=O)(=O)c1ccc2c(cc1=O)C(N)CCc1cc(OC)c(OC)c(OC)c1-2. The smallest absolute Gasteiger partial charge is 0.203 e. The molecule has 156 valence electrons. The molecule has 1 atom stereocenters. The van der Waals surface area contributed by atoms with Gasteiger partial charge >= 0.3 is 0 Å². The molecule has 0 aliphatic heterocycles. The molecule has 0 bridgehead atoms. The van der Waals surface area contributed by atoms with E-state index in [9.17, 15) is 13.2 Å². The first kappa shape index (κ1) is 21.1. The van der Waals surface area contributed by atoms with Gasteiger partial charge in [0.2, 0.25) is 5.75 Å². The van der Waals surface area contributed by atoms with Gasteiger partial charge in [0.1, 0.15) is 4.90 Å². The van der Waals surface area contributed by atoms with Crippen LogP contribution in [0.1, 0.15) is 30.5 Å². The molecule has 0 amide bonds. The van der Waals surface area contributed by atoms with E-state index in [1.165, 1.54) is 33.3 Å². The highest BCUT2D eigenvalue weighted by atomic mass is 32.2. The van der Waals surface area contributed by atoms with E-state index in [1.54, 1.807) is 13.2 Å². The molecule has 1 aliphatic carbocycles. The highest BCUT2D eigenvalue weighted by Crippen LogP contribution is 2.49. The molecule has 0 aromatic heterocycles. The van der Waals surface area contributed by atoms with Crippen LogP contribution in [0.4, 0.5) is 0 Å². The fraction of sp³-hybridized carbons (Fsp3) is 0.381. The molecule has 0 fully saturated rings. The third kappa shape index (κ3) is 3.58. The molecule has 0 radical (unpaired) electrons. The molecular formula is C21H25NO6S. The van der Waals surface area contributed by atoms with Crippen LogP contribution in [0.2, 0.25) is 0 Å². The van der Waals surface area contributed by atoms with Crippen molar-refractivity contribution >= 4 is 9.84 Å². The van der Waals surface area contributed by atoms with Crippen molar-refractivity contribution in [1.82, 2.24) is 0 Å². The molecule has 2 N–H and O–H groups in total. The lowest BCUT2D eigenvalue weighted by molar-refractivity contribution is 0.324. The van der Waals surface area contributed by atoms with E-state index < -0.39 is 21.3 Å². The third-order valence-electron chi connectivity index (χ3n) is 5.26. The Morgan fingerprint density at radius 1 is 1.07 bits per heavy atom. The van der Waals surface area contributed by atoms with Crippen molar-refractivity contribution in [2.45, 2.75) is 30.7 Å². The zero-order valence-electron chi connectivity index (χ0n) is 16.9. The van der Waals surface area contributed by atoms with Crippen LogP contribution in [-0.2, 0) is 16.3 Å². The molecule has 0 heterocycles. The number of benzene rings is 1. The van der Waals surface area contributed by atoms with E-state index in [0.717, 1.165) is 11.1 Å². The molecule has 2 aromatic carbocycles. The lowest BCUT2D eigenvalue weighted by Crippen LogP contribution is -2.16. The van der Waals surface area contributed by atoms with Crippen molar-refractivity contribution in [2.75, 3.05) is 27.1 Å². The molecule has 8 heteroatoms. The highest BCUT2D eigenvalue weighted by Gasteiger charge is 2.28. The van der Waals surface area contributed by atoms with Crippen LogP contribution >= 0.6 is 0 Å². The lowest BCUT2D eigenvalue weighted by atomic mass is 9.95. The molecule has 0 spiro atoms. The van der Waals surface area contributed by atoms with Gasteiger partial charge in [-0.2, -0.15) is 0 Å². The van der Waals surface area contributed by atoms with Gasteiger partial charge < -0.3 is 19.9 Å². The van der Waals surface area contributed by atoms with Crippen molar-refractivity contribution in [3.05, 3.63) is 45.6 Å². The van der Waals surface area contributed by atoms with Gasteiger partial charge in [-0.3, -0.25) is 4.79 Å². The minimum Gasteiger partial charge on any atom is -0.493 e. The van der Waals surface area contributed by atoms with Gasteiger partial charge in [0, 0.05) is 11.6 Å². The quantitative estimate of drug-likeness (QED) is 0.794. The summed E-state index contributed by atoms with van der Waals surface area (Å²) in [4.78, 5) is 12.5. The Hall–Kier alpha value is -2.58. The summed E-state index contributed by atoms with van der Waals surface area (Å²) >= 11 is 0. The Morgan fingerprint density at radius 3 is 2.34 bits per heavy atom. The summed E-state index contributed by atoms with van der Waals surface area (Å²) in [6.45, 7) is 1.51. The second-order valence-corrected chi connectivity index (χ2v) is 9.05. The van der Waals surface area contributed by atoms with E-state index in [4.69, 9.17) is 19.9 Å². The highest BCUT2D eigenvalue weighted by molar-refractivity contribution is 7.91. The van der Waals surface area contributed by atoms with Crippen LogP contribution in [0.15, 0.2) is 34.0 Å². The average molecular weight is 419 g/mol. The van der Waals surface area contributed by atoms with Gasteiger partial charge in [-0.1, -0.05) is 13.0 Å². The van der Waals surface area contributed by atoms with Gasteiger partial charge in [-0.25, -0.2) is 8.42 Å². The average Bonchev–Trinajstić information content (AvgIpc) is 2.96. The maximum Gasteiger partial charge on any atom is 0.203 e. The number of aryl methyl sites for hydroxylation is 1. The normalized spacial score (nSPS) is 15.7. The van der Waals surface area contributed by atoms with E-state index >= 15 is 0 Å².